The highest BCUT2D eigenvalue weighted by atomic mass is 32.1. The molecule has 1 unspecified atom stereocenters. The van der Waals surface area contributed by atoms with Crippen LogP contribution in [0.25, 0.3) is 10.8 Å². The smallest absolute Gasteiger partial charge is 0.326 e. The molecule has 0 radical (unpaired) electrons. The number of nitrogens with zero attached hydrogens (tertiary/aromatic N) is 6. The number of nitrogens with one attached hydrogen (secondary N) is 2. The number of carboxylic acid groups (broad SMARTS) is 6. The lowest BCUT2D eigenvalue weighted by Gasteiger charge is -2.37. The van der Waals surface area contributed by atoms with Crippen LogP contribution in [0.15, 0.2) is 60.8 Å². The lowest BCUT2D eigenvalue weighted by molar-refractivity contribution is -0.142. The first-order valence-electron chi connectivity index (χ1n) is 26.2. The molecule has 0 aliphatic carbocycles. The van der Waals surface area contributed by atoms with Crippen LogP contribution in [0, 0.1) is 0 Å². The van der Waals surface area contributed by atoms with Crippen LogP contribution in [0.1, 0.15) is 88.0 Å². The maximum absolute atomic E-state index is 13.9. The number of hydrogen-bond acceptors (Lipinski definition) is 15. The molecule has 0 saturated carbocycles. The number of urea groups is 1. The molecule has 23 nitrogen and oxygen atoms in total. The zero-order chi connectivity index (χ0) is 57.1. The molecule has 2 heterocycles. The van der Waals surface area contributed by atoms with E-state index in [2.05, 4.69) is 15.6 Å². The van der Waals surface area contributed by atoms with Crippen molar-refractivity contribution in [3.05, 3.63) is 77.6 Å². The highest BCUT2D eigenvalue weighted by molar-refractivity contribution is 7.80. The maximum Gasteiger partial charge on any atom is 0.326 e. The number of rotatable bonds is 32. The molecule has 3 amide bonds. The third kappa shape index (κ3) is 24.1. The number of carbonyl (C=O) groups excluding carboxylic acids is 3. The molecule has 1 fully saturated rings. The minimum atomic E-state index is -1.38. The maximum atomic E-state index is 13.9. The first kappa shape index (κ1) is 63.5. The molecule has 8 N–H and O–H groups in total. The molecule has 1 aliphatic heterocycles. The molecule has 0 spiro atoms. The van der Waals surface area contributed by atoms with Crippen molar-refractivity contribution in [1.29, 1.82) is 0 Å². The fraction of sp³-hybridized carbons (Fsp3) is 0.537. The van der Waals surface area contributed by atoms with E-state index in [1.807, 2.05) is 54.6 Å². The van der Waals surface area contributed by atoms with Crippen molar-refractivity contribution < 1.29 is 73.8 Å². The second-order valence-electron chi connectivity index (χ2n) is 19.7. The average Bonchev–Trinajstić information content (AvgIpc) is 3.36. The standard InChI is InChI=1S/C54H74N8O15S/c1-37(63)14-19-45(53(75)76)57-54(77)56-44(52(73)74)12-7-8-22-62(32-46-43-11-6-5-9-40(43)20-21-55-46)47(64)13-4-2-3-10-42(78)30-39-17-15-38(16-18-39)29-41-31-60(35-50(69)70)26-25-58(33-48(65)66)23-24-59(34-49(67)68)27-28-61(41)36-51(71)72/h5-6,9,11,15-18,20-21,41,44-45H,2-4,7-8,10,12-14,19,22-36H2,1H3,(H,65,66)(H,67,68)(H,69,70)(H,71,72)(H,73,74)(H,75,76)(H2,56,57,77)/t41?,44-,45-/m0/s1. The summed E-state index contributed by atoms with van der Waals surface area (Å²) in [5.74, 6) is -7.38. The van der Waals surface area contributed by atoms with Crippen LogP contribution in [0.4, 0.5) is 4.79 Å². The van der Waals surface area contributed by atoms with Gasteiger partial charge in [-0.1, -0.05) is 67.2 Å². The minimum Gasteiger partial charge on any atom is -0.480 e. The lowest BCUT2D eigenvalue weighted by Crippen LogP contribution is -2.53. The van der Waals surface area contributed by atoms with Gasteiger partial charge in [-0.05, 0) is 85.7 Å². The minimum absolute atomic E-state index is 0.00625. The Bertz CT molecular complexity index is 2530. The third-order valence-electron chi connectivity index (χ3n) is 13.4. The summed E-state index contributed by atoms with van der Waals surface area (Å²) in [5.41, 5.74) is 2.51. The second kappa shape index (κ2) is 33.3. The number of pyridine rings is 1. The van der Waals surface area contributed by atoms with Crippen molar-refractivity contribution in [3.8, 4) is 0 Å². The van der Waals surface area contributed by atoms with Crippen molar-refractivity contribution in [2.24, 2.45) is 0 Å². The van der Waals surface area contributed by atoms with E-state index in [4.69, 9.17) is 12.2 Å². The number of carbonyl (C=O) groups is 9. The molecule has 426 valence electrons. The van der Waals surface area contributed by atoms with Gasteiger partial charge in [-0.25, -0.2) is 14.4 Å². The molecule has 3 aromatic rings. The van der Waals surface area contributed by atoms with Crippen LogP contribution in [0.5, 0.6) is 0 Å². The monoisotopic (exact) mass is 1110 g/mol. The quantitative estimate of drug-likeness (QED) is 0.0328. The number of aromatic nitrogens is 1. The molecular weight excluding hydrogens is 1030 g/mol. The number of ketones is 1. The summed E-state index contributed by atoms with van der Waals surface area (Å²) < 4.78 is 0. The number of Topliss-reactive ketones (excluding diaryl/α,β-unsaturated/α-hetero) is 1. The van der Waals surface area contributed by atoms with Gasteiger partial charge in [0, 0.05) is 89.2 Å². The first-order chi connectivity index (χ1) is 37.1. The molecule has 0 bridgehead atoms. The van der Waals surface area contributed by atoms with Gasteiger partial charge in [0.05, 0.1) is 38.4 Å². The van der Waals surface area contributed by atoms with E-state index in [-0.39, 0.29) is 122 Å². The van der Waals surface area contributed by atoms with E-state index in [1.165, 1.54) is 6.92 Å². The summed E-state index contributed by atoms with van der Waals surface area (Å²) in [5, 5.41) is 64.6. The predicted molar refractivity (Wildman–Crippen MR) is 290 cm³/mol. The Kier molecular flexibility index (Phi) is 27.2. The highest BCUT2D eigenvalue weighted by Crippen LogP contribution is 2.21. The summed E-state index contributed by atoms with van der Waals surface area (Å²) in [6, 6.07) is 13.1. The summed E-state index contributed by atoms with van der Waals surface area (Å²) in [7, 11) is 0. The molecule has 1 saturated heterocycles. The van der Waals surface area contributed by atoms with Crippen molar-refractivity contribution in [3.63, 3.8) is 0 Å². The summed E-state index contributed by atoms with van der Waals surface area (Å²) in [6.07, 6.45) is 5.95. The van der Waals surface area contributed by atoms with Gasteiger partial charge in [-0.15, -0.1) is 0 Å². The number of hydrogen-bond donors (Lipinski definition) is 8. The Morgan fingerprint density at radius 3 is 1.78 bits per heavy atom. The number of carboxylic acids is 6. The Hall–Kier alpha value is -6.99. The molecule has 3 atom stereocenters. The summed E-state index contributed by atoms with van der Waals surface area (Å²) in [4.78, 5) is 123. The predicted octanol–water partition coefficient (Wildman–Crippen LogP) is 3.34. The number of unbranched alkanes of at least 4 members (excludes halogenated alkanes) is 3. The zero-order valence-corrected chi connectivity index (χ0v) is 44.9. The molecule has 1 aromatic heterocycles. The number of benzene rings is 2. The molecule has 78 heavy (non-hydrogen) atoms. The van der Waals surface area contributed by atoms with E-state index in [0.717, 1.165) is 39.6 Å². The van der Waals surface area contributed by atoms with Gasteiger partial charge in [0.15, 0.2) is 0 Å². The number of thiocarbonyl (C=S) groups is 1. The molecule has 1 aliphatic rings. The Balaban J connectivity index is 1.34. The Labute approximate surface area is 458 Å². The summed E-state index contributed by atoms with van der Waals surface area (Å²) >= 11 is 5.79. The van der Waals surface area contributed by atoms with E-state index in [9.17, 15) is 73.8 Å². The van der Waals surface area contributed by atoms with Crippen LogP contribution >= 0.6 is 12.2 Å². The van der Waals surface area contributed by atoms with Crippen LogP contribution in [0.2, 0.25) is 0 Å². The number of amides is 3. The highest BCUT2D eigenvalue weighted by Gasteiger charge is 2.29. The fourth-order valence-corrected chi connectivity index (χ4v) is 9.63. The van der Waals surface area contributed by atoms with E-state index >= 15 is 0 Å². The van der Waals surface area contributed by atoms with Gasteiger partial charge in [0.2, 0.25) is 5.91 Å². The van der Waals surface area contributed by atoms with Gasteiger partial charge >= 0.3 is 41.8 Å². The van der Waals surface area contributed by atoms with Crippen molar-refractivity contribution in [1.82, 2.24) is 40.1 Å². The fourth-order valence-electron chi connectivity index (χ4n) is 9.32. The molecule has 2 aromatic carbocycles. The van der Waals surface area contributed by atoms with E-state index < -0.39 is 60.0 Å². The Morgan fingerprint density at radius 1 is 0.628 bits per heavy atom. The van der Waals surface area contributed by atoms with E-state index in [1.54, 1.807) is 30.7 Å². The van der Waals surface area contributed by atoms with Gasteiger partial charge in [-0.2, -0.15) is 0 Å². The van der Waals surface area contributed by atoms with Gasteiger partial charge in [0.1, 0.15) is 17.9 Å². The topological polar surface area (TPSA) is 328 Å². The largest absolute Gasteiger partial charge is 0.480 e. The van der Waals surface area contributed by atoms with Gasteiger partial charge in [0.25, 0.3) is 0 Å². The molecule has 4 rings (SSSR count). The first-order valence-corrected chi connectivity index (χ1v) is 26.6. The van der Waals surface area contributed by atoms with Crippen LogP contribution < -0.4 is 10.6 Å². The molecular formula is C54H74N8O15S. The van der Waals surface area contributed by atoms with Crippen LogP contribution in [-0.4, -0.2) is 215 Å². The van der Waals surface area contributed by atoms with Gasteiger partial charge < -0.3 is 51.0 Å². The number of fused-ring (bicyclic) bond motifs is 1. The summed E-state index contributed by atoms with van der Waals surface area (Å²) in [6.45, 7) is 1.73. The number of aliphatic carboxylic acids is 6. The van der Waals surface area contributed by atoms with Crippen molar-refractivity contribution in [2.45, 2.75) is 109 Å². The van der Waals surface area contributed by atoms with Crippen LogP contribution in [-0.2, 0) is 57.7 Å². The van der Waals surface area contributed by atoms with Crippen molar-refractivity contribution >= 4 is 81.4 Å². The second-order valence-corrected chi connectivity index (χ2v) is 20.3. The molecule has 24 heteroatoms. The lowest BCUT2D eigenvalue weighted by atomic mass is 9.99. The van der Waals surface area contributed by atoms with Gasteiger partial charge in [-0.3, -0.25) is 48.6 Å². The Morgan fingerprint density at radius 2 is 1.18 bits per heavy atom. The zero-order valence-electron chi connectivity index (χ0n) is 44.1. The van der Waals surface area contributed by atoms with E-state index in [0.29, 0.717) is 44.2 Å². The normalized spacial score (nSPS) is 15.9. The SMILES string of the molecule is CC(=O)CC[C@H](NC(=O)N[C@@H](CCCCN(Cc1nccc2ccccc12)C(=O)CCCCCC(=S)Cc1ccc(CC2CN(CC(=O)O)CCN(CC(=O)O)CCN(CC(=O)O)CCN2CC(=O)O)cc1)C(=O)O)C(=O)O. The average molecular weight is 1110 g/mol. The van der Waals surface area contributed by atoms with Crippen LogP contribution in [0.3, 0.4) is 0 Å². The third-order valence-corrected chi connectivity index (χ3v) is 13.8. The van der Waals surface area contributed by atoms with Crippen molar-refractivity contribution in [2.75, 3.05) is 78.5 Å².